The van der Waals surface area contributed by atoms with Gasteiger partial charge < -0.3 is 10.1 Å². The van der Waals surface area contributed by atoms with Crippen molar-refractivity contribution in [3.63, 3.8) is 0 Å². The van der Waals surface area contributed by atoms with Crippen molar-refractivity contribution in [3.8, 4) is 0 Å². The van der Waals surface area contributed by atoms with Gasteiger partial charge in [0, 0.05) is 24.7 Å². The van der Waals surface area contributed by atoms with Crippen LogP contribution in [-0.4, -0.2) is 44.3 Å². The molecule has 0 unspecified atom stereocenters. The molecule has 0 atom stereocenters. The highest BCUT2D eigenvalue weighted by atomic mass is 35.5. The van der Waals surface area contributed by atoms with Crippen LogP contribution in [0.15, 0.2) is 53.4 Å². The number of rotatable bonds is 7. The Morgan fingerprint density at radius 2 is 1.67 bits per heavy atom. The van der Waals surface area contributed by atoms with Gasteiger partial charge in [0.1, 0.15) is 0 Å². The van der Waals surface area contributed by atoms with Crippen LogP contribution in [-0.2, 0) is 26.1 Å². The first kappa shape index (κ1) is 22.3. The van der Waals surface area contributed by atoms with Gasteiger partial charge in [-0.3, -0.25) is 4.79 Å². The number of nitrogens with one attached hydrogen (secondary N) is 1. The van der Waals surface area contributed by atoms with Crippen LogP contribution in [0.4, 0.5) is 0 Å². The third-order valence-corrected chi connectivity index (χ3v) is 7.09. The fraction of sp³-hybridized carbons (Fsp3) is 0.333. The summed E-state index contributed by atoms with van der Waals surface area (Å²) < 4.78 is 31.8. The smallest absolute Gasteiger partial charge is 0.338 e. The van der Waals surface area contributed by atoms with Crippen LogP contribution >= 0.6 is 11.6 Å². The molecule has 1 aliphatic heterocycles. The molecule has 30 heavy (non-hydrogen) atoms. The van der Waals surface area contributed by atoms with E-state index in [0.717, 1.165) is 24.8 Å². The zero-order chi connectivity index (χ0) is 21.6. The molecule has 1 N–H and O–H groups in total. The van der Waals surface area contributed by atoms with Crippen LogP contribution in [0.1, 0.15) is 35.2 Å². The Morgan fingerprint density at radius 1 is 1.00 bits per heavy atom. The highest BCUT2D eigenvalue weighted by molar-refractivity contribution is 7.89. The van der Waals surface area contributed by atoms with E-state index >= 15 is 0 Å². The molecule has 2 aromatic carbocycles. The van der Waals surface area contributed by atoms with E-state index in [9.17, 15) is 18.0 Å². The molecule has 1 heterocycles. The molecule has 3 rings (SSSR count). The van der Waals surface area contributed by atoms with Gasteiger partial charge in [0.2, 0.25) is 10.0 Å². The van der Waals surface area contributed by atoms with E-state index in [1.54, 1.807) is 18.2 Å². The first-order chi connectivity index (χ1) is 14.4. The molecule has 9 heteroatoms. The summed E-state index contributed by atoms with van der Waals surface area (Å²) in [6, 6.07) is 12.7. The Bertz CT molecular complexity index is 1000. The van der Waals surface area contributed by atoms with Gasteiger partial charge in [0.15, 0.2) is 6.61 Å². The summed E-state index contributed by atoms with van der Waals surface area (Å²) in [5.74, 6) is -1.17. The number of carbonyl (C=O) groups is 2. The van der Waals surface area contributed by atoms with Crippen molar-refractivity contribution in [3.05, 3.63) is 64.7 Å². The standard InChI is InChI=1S/C21H23ClN2O5S/c22-19-7-3-2-6-17(19)14-23-20(25)15-29-21(26)16-8-10-18(11-9-16)30(27,28)24-12-4-1-5-13-24/h2-3,6-11H,1,4-5,12-15H2,(H,23,25). The third-order valence-electron chi connectivity index (χ3n) is 4.81. The number of hydrogen-bond donors (Lipinski definition) is 1. The second kappa shape index (κ2) is 10.1. The molecule has 2 aromatic rings. The number of ether oxygens (including phenoxy) is 1. The summed E-state index contributed by atoms with van der Waals surface area (Å²) >= 11 is 6.03. The molecule has 0 aliphatic carbocycles. The minimum Gasteiger partial charge on any atom is -0.452 e. The molecule has 1 aliphatic rings. The van der Waals surface area contributed by atoms with Crippen molar-refractivity contribution < 1.29 is 22.7 Å². The van der Waals surface area contributed by atoms with E-state index in [0.29, 0.717) is 18.1 Å². The molecule has 0 bridgehead atoms. The Morgan fingerprint density at radius 3 is 2.33 bits per heavy atom. The maximum absolute atomic E-state index is 12.6. The second-order valence-corrected chi connectivity index (χ2v) is 9.28. The maximum Gasteiger partial charge on any atom is 0.338 e. The van der Waals surface area contributed by atoms with E-state index in [-0.39, 0.29) is 17.0 Å². The second-order valence-electron chi connectivity index (χ2n) is 6.93. The maximum atomic E-state index is 12.6. The summed E-state index contributed by atoms with van der Waals surface area (Å²) in [5, 5.41) is 3.16. The van der Waals surface area contributed by atoms with Gasteiger partial charge in [-0.1, -0.05) is 36.2 Å². The van der Waals surface area contributed by atoms with E-state index in [1.807, 2.05) is 6.07 Å². The lowest BCUT2D eigenvalue weighted by molar-refractivity contribution is -0.124. The van der Waals surface area contributed by atoms with E-state index in [2.05, 4.69) is 5.32 Å². The lowest BCUT2D eigenvalue weighted by atomic mass is 10.2. The minimum atomic E-state index is -3.56. The normalized spacial score (nSPS) is 14.8. The average Bonchev–Trinajstić information content (AvgIpc) is 2.77. The van der Waals surface area contributed by atoms with Gasteiger partial charge in [-0.25, -0.2) is 13.2 Å². The zero-order valence-electron chi connectivity index (χ0n) is 16.3. The predicted octanol–water partition coefficient (Wildman–Crippen LogP) is 2.99. The Kier molecular flexibility index (Phi) is 7.47. The molecule has 0 radical (unpaired) electrons. The summed E-state index contributed by atoms with van der Waals surface area (Å²) in [5.41, 5.74) is 0.927. The number of piperidine rings is 1. The number of sulfonamides is 1. The molecule has 7 nitrogen and oxygen atoms in total. The van der Waals surface area contributed by atoms with Crippen LogP contribution in [0.3, 0.4) is 0 Å². The quantitative estimate of drug-likeness (QED) is 0.654. The average molecular weight is 451 g/mol. The monoisotopic (exact) mass is 450 g/mol. The fourth-order valence-corrected chi connectivity index (χ4v) is 4.84. The molecule has 1 saturated heterocycles. The number of hydrogen-bond acceptors (Lipinski definition) is 5. The highest BCUT2D eigenvalue weighted by Gasteiger charge is 2.26. The topological polar surface area (TPSA) is 92.8 Å². The summed E-state index contributed by atoms with van der Waals surface area (Å²) in [6.45, 7) is 0.793. The Hall–Kier alpha value is -2.42. The van der Waals surface area contributed by atoms with Gasteiger partial charge in [-0.15, -0.1) is 0 Å². The lowest BCUT2D eigenvalue weighted by Crippen LogP contribution is -2.35. The molecular formula is C21H23ClN2O5S. The SMILES string of the molecule is O=C(COC(=O)c1ccc(S(=O)(=O)N2CCCCC2)cc1)NCc1ccccc1Cl. The Balaban J connectivity index is 1.52. The molecule has 1 amide bonds. The number of esters is 1. The van der Waals surface area contributed by atoms with Crippen molar-refractivity contribution in [2.24, 2.45) is 0 Å². The van der Waals surface area contributed by atoms with Crippen LogP contribution < -0.4 is 5.32 Å². The predicted molar refractivity (Wildman–Crippen MR) is 113 cm³/mol. The first-order valence-corrected chi connectivity index (χ1v) is 11.5. The Labute approximate surface area is 181 Å². The molecule has 1 fully saturated rings. The van der Waals surface area contributed by atoms with Crippen molar-refractivity contribution in [2.45, 2.75) is 30.7 Å². The molecule has 0 spiro atoms. The van der Waals surface area contributed by atoms with Crippen molar-refractivity contribution in [1.82, 2.24) is 9.62 Å². The lowest BCUT2D eigenvalue weighted by Gasteiger charge is -2.25. The molecule has 160 valence electrons. The van der Waals surface area contributed by atoms with Gasteiger partial charge >= 0.3 is 5.97 Å². The summed E-state index contributed by atoms with van der Waals surface area (Å²) in [6.07, 6.45) is 2.73. The molecule has 0 saturated carbocycles. The number of halogens is 1. The van der Waals surface area contributed by atoms with Crippen LogP contribution in [0.2, 0.25) is 5.02 Å². The van der Waals surface area contributed by atoms with E-state index in [4.69, 9.17) is 16.3 Å². The molecule has 0 aromatic heterocycles. The summed E-state index contributed by atoms with van der Waals surface area (Å²) in [4.78, 5) is 24.2. The summed E-state index contributed by atoms with van der Waals surface area (Å²) in [7, 11) is -3.56. The largest absolute Gasteiger partial charge is 0.452 e. The molecular weight excluding hydrogens is 428 g/mol. The van der Waals surface area contributed by atoms with Gasteiger partial charge in [-0.2, -0.15) is 4.31 Å². The highest BCUT2D eigenvalue weighted by Crippen LogP contribution is 2.21. The number of carbonyl (C=O) groups excluding carboxylic acids is 2. The number of benzene rings is 2. The number of amides is 1. The third kappa shape index (κ3) is 5.59. The van der Waals surface area contributed by atoms with Gasteiger partial charge in [-0.05, 0) is 48.7 Å². The fourth-order valence-electron chi connectivity index (χ4n) is 3.12. The zero-order valence-corrected chi connectivity index (χ0v) is 17.9. The first-order valence-electron chi connectivity index (χ1n) is 9.65. The van der Waals surface area contributed by atoms with Gasteiger partial charge in [0.25, 0.3) is 5.91 Å². The van der Waals surface area contributed by atoms with Gasteiger partial charge in [0.05, 0.1) is 10.5 Å². The van der Waals surface area contributed by atoms with Crippen LogP contribution in [0, 0.1) is 0 Å². The van der Waals surface area contributed by atoms with E-state index in [1.165, 1.54) is 28.6 Å². The van der Waals surface area contributed by atoms with Crippen molar-refractivity contribution >= 4 is 33.5 Å². The van der Waals surface area contributed by atoms with E-state index < -0.39 is 28.5 Å². The number of nitrogens with zero attached hydrogens (tertiary/aromatic N) is 1. The van der Waals surface area contributed by atoms with Crippen LogP contribution in [0.25, 0.3) is 0 Å². The van der Waals surface area contributed by atoms with Crippen molar-refractivity contribution in [1.29, 1.82) is 0 Å². The minimum absolute atomic E-state index is 0.137. The van der Waals surface area contributed by atoms with Crippen LogP contribution in [0.5, 0.6) is 0 Å². The van der Waals surface area contributed by atoms with Crippen molar-refractivity contribution in [2.75, 3.05) is 19.7 Å².